The van der Waals surface area contributed by atoms with Crippen LogP contribution >= 0.6 is 23.1 Å². The summed E-state index contributed by atoms with van der Waals surface area (Å²) in [4.78, 5) is 5.02. The zero-order valence-corrected chi connectivity index (χ0v) is 20.9. The summed E-state index contributed by atoms with van der Waals surface area (Å²) in [6, 6.07) is 22.2. The lowest BCUT2D eigenvalue weighted by molar-refractivity contribution is 0.261. The molecule has 5 rings (SSSR count). The quantitative estimate of drug-likeness (QED) is 0.372. The zero-order chi connectivity index (χ0) is 23.5. The Bertz CT molecular complexity index is 1380. The Morgan fingerprint density at radius 1 is 0.941 bits per heavy atom. The Balaban J connectivity index is 1.16. The van der Waals surface area contributed by atoms with Crippen molar-refractivity contribution in [1.82, 2.24) is 9.27 Å². The van der Waals surface area contributed by atoms with Crippen molar-refractivity contribution in [3.63, 3.8) is 0 Å². The summed E-state index contributed by atoms with van der Waals surface area (Å²) in [5.74, 6) is 1.10. The smallest absolute Gasteiger partial charge is 0.261 e. The second-order valence-corrected chi connectivity index (χ2v) is 11.3. The van der Waals surface area contributed by atoms with Crippen LogP contribution in [0.1, 0.15) is 5.56 Å². The van der Waals surface area contributed by atoms with E-state index in [1.165, 1.54) is 22.2 Å². The maximum atomic E-state index is 12.7. The summed E-state index contributed by atoms with van der Waals surface area (Å²) >= 11 is 7.43. The first-order chi connectivity index (χ1) is 16.5. The van der Waals surface area contributed by atoms with E-state index in [0.717, 1.165) is 50.5 Å². The summed E-state index contributed by atoms with van der Waals surface area (Å²) in [5, 5.41) is 1.74. The number of hydrogen-bond acceptors (Lipinski definition) is 6. The molecule has 0 bridgehead atoms. The second kappa shape index (κ2) is 9.92. The number of sulfonamides is 1. The molecular weight excluding hydrogens is 488 g/mol. The molecule has 0 spiro atoms. The molecule has 3 aromatic carbocycles. The third kappa shape index (κ3) is 5.20. The molecule has 0 unspecified atom stereocenters. The van der Waals surface area contributed by atoms with E-state index < -0.39 is 10.0 Å². The molecule has 1 aliphatic heterocycles. The van der Waals surface area contributed by atoms with Gasteiger partial charge in [0, 0.05) is 48.8 Å². The van der Waals surface area contributed by atoms with E-state index in [1.54, 1.807) is 29.7 Å². The average Bonchev–Trinajstić information content (AvgIpc) is 3.28. The molecule has 1 saturated heterocycles. The molecule has 6 nitrogen and oxygen atoms in total. The van der Waals surface area contributed by atoms with Crippen LogP contribution in [0.5, 0.6) is 0 Å². The van der Waals surface area contributed by atoms with Crippen molar-refractivity contribution >= 4 is 54.7 Å². The zero-order valence-electron chi connectivity index (χ0n) is 18.5. The third-order valence-corrected chi connectivity index (χ3v) is 8.52. The lowest BCUT2D eigenvalue weighted by Gasteiger charge is -2.35. The number of piperazine rings is 1. The van der Waals surface area contributed by atoms with E-state index in [9.17, 15) is 8.42 Å². The van der Waals surface area contributed by atoms with Gasteiger partial charge in [0.2, 0.25) is 0 Å². The van der Waals surface area contributed by atoms with Crippen molar-refractivity contribution in [2.75, 3.05) is 42.3 Å². The van der Waals surface area contributed by atoms with Crippen molar-refractivity contribution in [3.8, 4) is 0 Å². The maximum absolute atomic E-state index is 12.7. The number of benzene rings is 3. The van der Waals surface area contributed by atoms with Gasteiger partial charge in [0.15, 0.2) is 0 Å². The van der Waals surface area contributed by atoms with Gasteiger partial charge in [-0.1, -0.05) is 35.9 Å². The van der Waals surface area contributed by atoms with Crippen LogP contribution in [-0.2, 0) is 16.4 Å². The van der Waals surface area contributed by atoms with E-state index in [1.807, 2.05) is 18.2 Å². The fourth-order valence-electron chi connectivity index (χ4n) is 4.19. The standard InChI is InChI=1S/C25H25ClN4O2S2/c26-20-8-10-22(11-9-20)34(31,32)28-21-5-3-4-19(18-21)12-13-29-14-16-30(17-15-29)25-23-6-1-2-7-24(23)33-27-25/h1-11,18,28H,12-17H2. The van der Waals surface area contributed by atoms with Gasteiger partial charge in [0.1, 0.15) is 5.82 Å². The van der Waals surface area contributed by atoms with Gasteiger partial charge in [0.05, 0.1) is 9.60 Å². The van der Waals surface area contributed by atoms with Crippen LogP contribution in [0, 0.1) is 0 Å². The molecule has 1 aromatic heterocycles. The minimum absolute atomic E-state index is 0.188. The molecule has 34 heavy (non-hydrogen) atoms. The first-order valence-electron chi connectivity index (χ1n) is 11.2. The highest BCUT2D eigenvalue weighted by atomic mass is 35.5. The number of rotatable bonds is 7. The Labute approximate surface area is 209 Å². The Kier molecular flexibility index (Phi) is 6.74. The SMILES string of the molecule is O=S(=O)(Nc1cccc(CCN2CCN(c3nsc4ccccc34)CC2)c1)c1ccc(Cl)cc1. The van der Waals surface area contributed by atoms with Gasteiger partial charge in [-0.2, -0.15) is 4.37 Å². The summed E-state index contributed by atoms with van der Waals surface area (Å²) in [6.07, 6.45) is 0.857. The molecule has 0 atom stereocenters. The molecule has 4 aromatic rings. The highest BCUT2D eigenvalue weighted by Gasteiger charge is 2.20. The van der Waals surface area contributed by atoms with Crippen LogP contribution in [0.25, 0.3) is 10.1 Å². The van der Waals surface area contributed by atoms with Gasteiger partial charge in [-0.25, -0.2) is 8.42 Å². The molecule has 176 valence electrons. The highest BCUT2D eigenvalue weighted by Crippen LogP contribution is 2.30. The lowest BCUT2D eigenvalue weighted by Crippen LogP contribution is -2.47. The molecule has 0 saturated carbocycles. The predicted octanol–water partition coefficient (Wildman–Crippen LogP) is 5.12. The minimum Gasteiger partial charge on any atom is -0.353 e. The number of fused-ring (bicyclic) bond motifs is 1. The van der Waals surface area contributed by atoms with Crippen LogP contribution < -0.4 is 9.62 Å². The van der Waals surface area contributed by atoms with Crippen LogP contribution in [0.2, 0.25) is 5.02 Å². The van der Waals surface area contributed by atoms with E-state index in [2.05, 4.69) is 43.2 Å². The fraction of sp³-hybridized carbons (Fsp3) is 0.240. The molecule has 9 heteroatoms. The van der Waals surface area contributed by atoms with Crippen molar-refractivity contribution < 1.29 is 8.42 Å². The lowest BCUT2D eigenvalue weighted by atomic mass is 10.1. The molecule has 2 heterocycles. The molecule has 1 aliphatic rings. The van der Waals surface area contributed by atoms with Crippen molar-refractivity contribution in [2.45, 2.75) is 11.3 Å². The van der Waals surface area contributed by atoms with Crippen LogP contribution in [0.4, 0.5) is 11.5 Å². The van der Waals surface area contributed by atoms with Crippen molar-refractivity contribution in [1.29, 1.82) is 0 Å². The second-order valence-electron chi connectivity index (χ2n) is 8.34. The van der Waals surface area contributed by atoms with E-state index >= 15 is 0 Å². The number of aromatic nitrogens is 1. The topological polar surface area (TPSA) is 65.5 Å². The van der Waals surface area contributed by atoms with Gasteiger partial charge < -0.3 is 4.90 Å². The third-order valence-electron chi connectivity index (χ3n) is 6.05. The Morgan fingerprint density at radius 2 is 1.71 bits per heavy atom. The monoisotopic (exact) mass is 512 g/mol. The fourth-order valence-corrected chi connectivity index (χ4v) is 6.16. The van der Waals surface area contributed by atoms with Crippen LogP contribution in [0.3, 0.4) is 0 Å². The summed E-state index contributed by atoms with van der Waals surface area (Å²) in [7, 11) is -3.66. The van der Waals surface area contributed by atoms with E-state index in [4.69, 9.17) is 11.6 Å². The Hall–Kier alpha value is -2.65. The number of halogens is 1. The van der Waals surface area contributed by atoms with Crippen LogP contribution in [-0.4, -0.2) is 50.4 Å². The van der Waals surface area contributed by atoms with E-state index in [0.29, 0.717) is 10.7 Å². The summed E-state index contributed by atoms with van der Waals surface area (Å²) in [5.41, 5.74) is 1.66. The molecular formula is C25H25ClN4O2S2. The van der Waals surface area contributed by atoms with Gasteiger partial charge >= 0.3 is 0 Å². The van der Waals surface area contributed by atoms with Gasteiger partial charge in [-0.15, -0.1) is 0 Å². The van der Waals surface area contributed by atoms with Gasteiger partial charge in [-0.3, -0.25) is 9.62 Å². The molecule has 1 fully saturated rings. The Morgan fingerprint density at radius 3 is 2.50 bits per heavy atom. The number of hydrogen-bond donors (Lipinski definition) is 1. The maximum Gasteiger partial charge on any atom is 0.261 e. The predicted molar refractivity (Wildman–Crippen MR) is 141 cm³/mol. The highest BCUT2D eigenvalue weighted by molar-refractivity contribution is 7.92. The number of anilines is 2. The largest absolute Gasteiger partial charge is 0.353 e. The average molecular weight is 513 g/mol. The van der Waals surface area contributed by atoms with Crippen molar-refractivity contribution in [3.05, 3.63) is 83.4 Å². The molecule has 0 aliphatic carbocycles. The van der Waals surface area contributed by atoms with E-state index in [-0.39, 0.29) is 4.90 Å². The first kappa shape index (κ1) is 23.1. The van der Waals surface area contributed by atoms with Crippen LogP contribution in [0.15, 0.2) is 77.7 Å². The number of nitrogens with one attached hydrogen (secondary N) is 1. The summed E-state index contributed by atoms with van der Waals surface area (Å²) < 4.78 is 33.9. The number of nitrogens with zero attached hydrogens (tertiary/aromatic N) is 3. The molecule has 0 radical (unpaired) electrons. The summed E-state index contributed by atoms with van der Waals surface area (Å²) in [6.45, 7) is 4.80. The van der Waals surface area contributed by atoms with Gasteiger partial charge in [0.25, 0.3) is 10.0 Å². The van der Waals surface area contributed by atoms with Gasteiger partial charge in [-0.05, 0) is 72.0 Å². The minimum atomic E-state index is -3.66. The molecule has 1 N–H and O–H groups in total. The normalized spacial score (nSPS) is 15.0. The molecule has 0 amide bonds. The first-order valence-corrected chi connectivity index (χ1v) is 13.8. The van der Waals surface area contributed by atoms with Crippen molar-refractivity contribution in [2.24, 2.45) is 0 Å².